The van der Waals surface area contributed by atoms with Crippen LogP contribution in [-0.2, 0) is 6.42 Å². The van der Waals surface area contributed by atoms with Crippen LogP contribution < -0.4 is 0 Å². The minimum atomic E-state index is 0.639. The maximum absolute atomic E-state index is 8.74. The van der Waals surface area contributed by atoms with Crippen molar-refractivity contribution in [3.8, 4) is 6.07 Å². The van der Waals surface area contributed by atoms with E-state index in [4.69, 9.17) is 5.26 Å². The second-order valence-electron chi connectivity index (χ2n) is 5.07. The van der Waals surface area contributed by atoms with Gasteiger partial charge < -0.3 is 0 Å². The summed E-state index contributed by atoms with van der Waals surface area (Å²) in [5.41, 5.74) is 3.90. The van der Waals surface area contributed by atoms with Crippen LogP contribution in [0.3, 0.4) is 0 Å². The van der Waals surface area contributed by atoms with Crippen LogP contribution >= 0.6 is 0 Å². The molecule has 0 amide bonds. The van der Waals surface area contributed by atoms with E-state index in [1.54, 1.807) is 24.6 Å². The molecule has 0 atom stereocenters. The van der Waals surface area contributed by atoms with E-state index in [1.165, 1.54) is 5.56 Å². The third-order valence-electron chi connectivity index (χ3n) is 3.34. The van der Waals surface area contributed by atoms with E-state index >= 15 is 0 Å². The fourth-order valence-corrected chi connectivity index (χ4v) is 2.03. The lowest BCUT2D eigenvalue weighted by atomic mass is 10.1. The summed E-state index contributed by atoms with van der Waals surface area (Å²) in [6.07, 6.45) is 9.77. The molecule has 2 rings (SSSR count). The minimum Gasteiger partial charge on any atom is -0.192 e. The van der Waals surface area contributed by atoms with Crippen LogP contribution in [-0.4, -0.2) is 12.4 Å². The predicted molar refractivity (Wildman–Crippen MR) is 95.9 cm³/mol. The van der Waals surface area contributed by atoms with E-state index in [0.29, 0.717) is 5.56 Å². The summed E-state index contributed by atoms with van der Waals surface area (Å²) in [4.78, 5) is 0. The van der Waals surface area contributed by atoms with Crippen LogP contribution in [0.2, 0.25) is 0 Å². The first kappa shape index (κ1) is 16.4. The molecule has 0 aliphatic carbocycles. The Bertz CT molecular complexity index is 730. The van der Waals surface area contributed by atoms with Gasteiger partial charge in [-0.2, -0.15) is 15.5 Å². The van der Waals surface area contributed by atoms with Gasteiger partial charge in [-0.05, 0) is 48.6 Å². The van der Waals surface area contributed by atoms with Gasteiger partial charge in [0, 0.05) is 0 Å². The van der Waals surface area contributed by atoms with E-state index < -0.39 is 0 Å². The van der Waals surface area contributed by atoms with Gasteiger partial charge in [-0.1, -0.05) is 48.6 Å². The van der Waals surface area contributed by atoms with Gasteiger partial charge in [-0.15, -0.1) is 0 Å². The van der Waals surface area contributed by atoms with Crippen molar-refractivity contribution in [3.05, 3.63) is 82.9 Å². The van der Waals surface area contributed by atoms with Gasteiger partial charge in [0.25, 0.3) is 0 Å². The zero-order chi connectivity index (χ0) is 16.3. The molecule has 0 unspecified atom stereocenters. The minimum absolute atomic E-state index is 0.639. The topological polar surface area (TPSA) is 48.5 Å². The van der Waals surface area contributed by atoms with Crippen LogP contribution in [0.4, 0.5) is 0 Å². The summed E-state index contributed by atoms with van der Waals surface area (Å²) in [5, 5.41) is 16.8. The second-order valence-corrected chi connectivity index (χ2v) is 5.07. The fourth-order valence-electron chi connectivity index (χ4n) is 2.03. The molecule has 0 saturated carbocycles. The van der Waals surface area contributed by atoms with Gasteiger partial charge in [0.05, 0.1) is 24.1 Å². The van der Waals surface area contributed by atoms with Gasteiger partial charge in [-0.3, -0.25) is 0 Å². The normalized spacial score (nSPS) is 11.5. The molecule has 114 valence electrons. The smallest absolute Gasteiger partial charge is 0.0991 e. The zero-order valence-electron chi connectivity index (χ0n) is 13.2. The van der Waals surface area contributed by atoms with Gasteiger partial charge >= 0.3 is 0 Å². The van der Waals surface area contributed by atoms with Crippen molar-refractivity contribution in [2.24, 2.45) is 10.2 Å². The molecule has 0 saturated heterocycles. The van der Waals surface area contributed by atoms with Gasteiger partial charge in [0.1, 0.15) is 0 Å². The molecule has 0 aliphatic heterocycles. The van der Waals surface area contributed by atoms with Crippen LogP contribution in [0.25, 0.3) is 0 Å². The molecule has 0 spiro atoms. The third kappa shape index (κ3) is 5.72. The zero-order valence-corrected chi connectivity index (χ0v) is 13.2. The van der Waals surface area contributed by atoms with Crippen LogP contribution in [0, 0.1) is 11.3 Å². The number of nitrogens with zero attached hydrogens (tertiary/aromatic N) is 3. The Balaban J connectivity index is 1.89. The third-order valence-corrected chi connectivity index (χ3v) is 3.34. The molecule has 2 aromatic carbocycles. The highest BCUT2D eigenvalue weighted by atomic mass is 15.2. The Morgan fingerprint density at radius 3 is 2.00 bits per heavy atom. The summed E-state index contributed by atoms with van der Waals surface area (Å²) >= 11 is 0. The molecule has 3 nitrogen and oxygen atoms in total. The number of hydrogen-bond donors (Lipinski definition) is 0. The summed E-state index contributed by atoms with van der Waals surface area (Å²) in [7, 11) is 0. The molecule has 0 aliphatic rings. The standard InChI is InChI=1S/C20H19N3/c1-2-3-4-5-17-6-10-19(11-7-17)15-22-23-16-20-12-8-18(14-21)9-13-20/h2-3,6-13,15-16H,4-5H2,1H3/b3-2+,22-15+,23-16+. The van der Waals surface area contributed by atoms with Crippen LogP contribution in [0.5, 0.6) is 0 Å². The molecule has 0 radical (unpaired) electrons. The lowest BCUT2D eigenvalue weighted by Crippen LogP contribution is -1.86. The first-order valence-corrected chi connectivity index (χ1v) is 7.58. The van der Waals surface area contributed by atoms with E-state index in [9.17, 15) is 0 Å². The lowest BCUT2D eigenvalue weighted by Gasteiger charge is -1.98. The molecule has 0 fully saturated rings. The molecule has 0 aromatic heterocycles. The van der Waals surface area contributed by atoms with E-state index in [1.807, 2.05) is 31.2 Å². The Morgan fingerprint density at radius 1 is 0.913 bits per heavy atom. The number of aryl methyl sites for hydroxylation is 1. The Morgan fingerprint density at radius 2 is 1.48 bits per heavy atom. The summed E-state index contributed by atoms with van der Waals surface area (Å²) < 4.78 is 0. The number of rotatable bonds is 6. The number of benzene rings is 2. The average molecular weight is 301 g/mol. The monoisotopic (exact) mass is 301 g/mol. The van der Waals surface area contributed by atoms with Gasteiger partial charge in [-0.25, -0.2) is 0 Å². The maximum atomic E-state index is 8.74. The van der Waals surface area contributed by atoms with Crippen LogP contribution in [0.1, 0.15) is 35.6 Å². The Labute approximate surface area is 137 Å². The molecule has 2 aromatic rings. The van der Waals surface area contributed by atoms with Crippen molar-refractivity contribution in [2.75, 3.05) is 0 Å². The predicted octanol–water partition coefficient (Wildman–Crippen LogP) is 4.52. The highest BCUT2D eigenvalue weighted by Gasteiger charge is 1.92. The van der Waals surface area contributed by atoms with Gasteiger partial charge in [0.2, 0.25) is 0 Å². The summed E-state index contributed by atoms with van der Waals surface area (Å²) in [6, 6.07) is 17.6. The highest BCUT2D eigenvalue weighted by molar-refractivity contribution is 5.82. The number of nitriles is 1. The van der Waals surface area contributed by atoms with Crippen LogP contribution in [0.15, 0.2) is 70.9 Å². The van der Waals surface area contributed by atoms with Crippen molar-refractivity contribution in [1.29, 1.82) is 5.26 Å². The number of hydrogen-bond acceptors (Lipinski definition) is 3. The molecule has 23 heavy (non-hydrogen) atoms. The van der Waals surface area contributed by atoms with Crippen molar-refractivity contribution >= 4 is 12.4 Å². The first-order chi connectivity index (χ1) is 11.3. The Kier molecular flexibility index (Phi) is 6.49. The molecule has 0 bridgehead atoms. The van der Waals surface area contributed by atoms with Gasteiger partial charge in [0.15, 0.2) is 0 Å². The molecule has 0 N–H and O–H groups in total. The molecular formula is C20H19N3. The molecular weight excluding hydrogens is 282 g/mol. The largest absolute Gasteiger partial charge is 0.192 e. The average Bonchev–Trinajstić information content (AvgIpc) is 2.61. The van der Waals surface area contributed by atoms with Crippen molar-refractivity contribution in [2.45, 2.75) is 19.8 Å². The quantitative estimate of drug-likeness (QED) is 0.439. The highest BCUT2D eigenvalue weighted by Crippen LogP contribution is 2.06. The van der Waals surface area contributed by atoms with E-state index in [2.05, 4.69) is 40.6 Å². The lowest BCUT2D eigenvalue weighted by molar-refractivity contribution is 0.999. The van der Waals surface area contributed by atoms with Crippen molar-refractivity contribution < 1.29 is 0 Å². The maximum Gasteiger partial charge on any atom is 0.0991 e. The SMILES string of the molecule is C/C=C/CCc1ccc(/C=N/N=C/c2ccc(C#N)cc2)cc1. The number of allylic oxidation sites excluding steroid dienone is 2. The van der Waals surface area contributed by atoms with E-state index in [0.717, 1.165) is 24.0 Å². The summed E-state index contributed by atoms with van der Waals surface area (Å²) in [6.45, 7) is 2.04. The van der Waals surface area contributed by atoms with Crippen molar-refractivity contribution in [1.82, 2.24) is 0 Å². The van der Waals surface area contributed by atoms with Crippen molar-refractivity contribution in [3.63, 3.8) is 0 Å². The van der Waals surface area contributed by atoms with E-state index in [-0.39, 0.29) is 0 Å². The molecule has 0 heterocycles. The molecule has 3 heteroatoms. The Hall–Kier alpha value is -2.99. The summed E-state index contributed by atoms with van der Waals surface area (Å²) in [5.74, 6) is 0. The second kappa shape index (κ2) is 9.11. The first-order valence-electron chi connectivity index (χ1n) is 7.58. The fraction of sp³-hybridized carbons (Fsp3) is 0.150.